The molecule has 1 unspecified atom stereocenters. The number of nitrogens with two attached hydrogens (primary N) is 1. The van der Waals surface area contributed by atoms with E-state index in [9.17, 15) is 4.79 Å². The lowest BCUT2D eigenvalue weighted by Gasteiger charge is -2.40. The van der Waals surface area contributed by atoms with Crippen LogP contribution in [0.5, 0.6) is 0 Å². The van der Waals surface area contributed by atoms with Gasteiger partial charge in [-0.1, -0.05) is 0 Å². The maximum atomic E-state index is 12.6. The fourth-order valence-electron chi connectivity index (χ4n) is 4.02. The lowest BCUT2D eigenvalue weighted by Crippen LogP contribution is -2.55. The van der Waals surface area contributed by atoms with Crippen molar-refractivity contribution in [3.63, 3.8) is 0 Å². The molecule has 10 heteroatoms. The van der Waals surface area contributed by atoms with E-state index < -0.39 is 0 Å². The van der Waals surface area contributed by atoms with E-state index in [1.165, 1.54) is 0 Å². The van der Waals surface area contributed by atoms with Gasteiger partial charge in [-0.2, -0.15) is 0 Å². The molecule has 0 saturated carbocycles. The van der Waals surface area contributed by atoms with E-state index in [0.29, 0.717) is 12.6 Å². The van der Waals surface area contributed by atoms with Crippen LogP contribution in [-0.4, -0.2) is 104 Å². The molecule has 0 spiro atoms. The first-order chi connectivity index (χ1) is 12.1. The Morgan fingerprint density at radius 3 is 2.29 bits per heavy atom. The number of halogens is 3. The molecule has 2 N–H and O–H groups in total. The minimum Gasteiger partial charge on any atom is -0.374 e. The summed E-state index contributed by atoms with van der Waals surface area (Å²) in [6.07, 6.45) is 1.77. The van der Waals surface area contributed by atoms with Crippen molar-refractivity contribution >= 4 is 43.1 Å². The molecule has 0 aromatic rings. The van der Waals surface area contributed by atoms with Gasteiger partial charge in [-0.3, -0.25) is 14.6 Å². The van der Waals surface area contributed by atoms with Gasteiger partial charge in [0, 0.05) is 58.4 Å². The quantitative estimate of drug-likeness (QED) is 0.656. The second-order valence-electron chi connectivity index (χ2n) is 7.77. The Morgan fingerprint density at radius 2 is 1.71 bits per heavy atom. The molecule has 168 valence electrons. The van der Waals surface area contributed by atoms with Crippen molar-refractivity contribution in [3.8, 4) is 0 Å². The minimum atomic E-state index is -0.277. The van der Waals surface area contributed by atoms with E-state index in [1.54, 1.807) is 0 Å². The summed E-state index contributed by atoms with van der Waals surface area (Å²) in [6, 6.07) is 0.574. The van der Waals surface area contributed by atoms with Crippen molar-refractivity contribution in [2.45, 2.75) is 51.0 Å². The van der Waals surface area contributed by atoms with Crippen LogP contribution in [0, 0.1) is 0 Å². The largest absolute Gasteiger partial charge is 0.374 e. The summed E-state index contributed by atoms with van der Waals surface area (Å²) in [4.78, 5) is 19.5. The zero-order chi connectivity index (χ0) is 17.8. The highest BCUT2D eigenvalue weighted by Gasteiger charge is 2.34. The van der Waals surface area contributed by atoms with Crippen molar-refractivity contribution in [2.75, 3.05) is 59.0 Å². The van der Waals surface area contributed by atoms with Crippen molar-refractivity contribution in [1.82, 2.24) is 14.7 Å². The van der Waals surface area contributed by atoms with Gasteiger partial charge in [-0.05, 0) is 26.7 Å². The van der Waals surface area contributed by atoms with Gasteiger partial charge in [-0.25, -0.2) is 0 Å². The Balaban J connectivity index is 0.00000243. The highest BCUT2D eigenvalue weighted by Crippen LogP contribution is 2.21. The molecule has 3 heterocycles. The molecule has 3 fully saturated rings. The SMILES string of the molecule is CC(C)N1CCOC(CN2CCN(C(=O)[C@@H]3CC[C@H](CN)O3)CC2)C1.Cl.Cl.Cl. The van der Waals surface area contributed by atoms with Crippen LogP contribution in [0.15, 0.2) is 0 Å². The Labute approximate surface area is 187 Å². The van der Waals surface area contributed by atoms with Gasteiger partial charge in [0.1, 0.15) is 6.10 Å². The van der Waals surface area contributed by atoms with E-state index in [4.69, 9.17) is 15.2 Å². The van der Waals surface area contributed by atoms with E-state index in [-0.39, 0.29) is 61.4 Å². The molecule has 3 atom stereocenters. The van der Waals surface area contributed by atoms with Crippen LogP contribution in [0.3, 0.4) is 0 Å². The number of piperazine rings is 1. The van der Waals surface area contributed by atoms with Crippen molar-refractivity contribution < 1.29 is 14.3 Å². The van der Waals surface area contributed by atoms with Crippen LogP contribution >= 0.6 is 37.2 Å². The summed E-state index contributed by atoms with van der Waals surface area (Å²) in [5, 5.41) is 0. The summed E-state index contributed by atoms with van der Waals surface area (Å²) >= 11 is 0. The van der Waals surface area contributed by atoms with Crippen LogP contribution in [0.2, 0.25) is 0 Å². The van der Waals surface area contributed by atoms with Crippen LogP contribution in [0.4, 0.5) is 0 Å². The number of nitrogens with zero attached hydrogens (tertiary/aromatic N) is 3. The van der Waals surface area contributed by atoms with E-state index in [2.05, 4.69) is 23.6 Å². The first-order valence-electron chi connectivity index (χ1n) is 9.79. The number of morpholine rings is 1. The third-order valence-corrected chi connectivity index (χ3v) is 5.69. The molecule has 3 aliphatic rings. The van der Waals surface area contributed by atoms with Gasteiger partial charge in [0.25, 0.3) is 5.91 Å². The van der Waals surface area contributed by atoms with Crippen LogP contribution in [0.1, 0.15) is 26.7 Å². The highest BCUT2D eigenvalue weighted by atomic mass is 35.5. The normalized spacial score (nSPS) is 29.0. The van der Waals surface area contributed by atoms with Crippen LogP contribution in [-0.2, 0) is 14.3 Å². The Morgan fingerprint density at radius 1 is 1.04 bits per heavy atom. The zero-order valence-electron chi connectivity index (χ0n) is 17.0. The molecule has 3 saturated heterocycles. The summed E-state index contributed by atoms with van der Waals surface area (Å²) in [6.45, 7) is 12.2. The van der Waals surface area contributed by atoms with Crippen LogP contribution < -0.4 is 5.73 Å². The number of rotatable bonds is 5. The van der Waals surface area contributed by atoms with Crippen molar-refractivity contribution in [2.24, 2.45) is 5.73 Å². The van der Waals surface area contributed by atoms with Gasteiger partial charge >= 0.3 is 0 Å². The summed E-state index contributed by atoms with van der Waals surface area (Å²) < 4.78 is 11.7. The zero-order valence-corrected chi connectivity index (χ0v) is 19.4. The summed E-state index contributed by atoms with van der Waals surface area (Å²) in [5.74, 6) is 0.149. The first kappa shape index (κ1) is 28.1. The topological polar surface area (TPSA) is 71.3 Å². The average Bonchev–Trinajstić information content (AvgIpc) is 3.11. The number of carbonyl (C=O) groups is 1. The predicted octanol–water partition coefficient (Wildman–Crippen LogP) is 1.01. The smallest absolute Gasteiger partial charge is 0.251 e. The Hall–Kier alpha value is 0.140. The number of hydrogen-bond donors (Lipinski definition) is 1. The van der Waals surface area contributed by atoms with Gasteiger partial charge in [0.2, 0.25) is 0 Å². The fourth-order valence-corrected chi connectivity index (χ4v) is 4.02. The van der Waals surface area contributed by atoms with Crippen molar-refractivity contribution in [3.05, 3.63) is 0 Å². The van der Waals surface area contributed by atoms with E-state index >= 15 is 0 Å². The van der Waals surface area contributed by atoms with Gasteiger partial charge in [0.15, 0.2) is 0 Å². The molecule has 28 heavy (non-hydrogen) atoms. The Kier molecular flexibility index (Phi) is 13.5. The molecular formula is C18H37Cl3N4O3. The average molecular weight is 464 g/mol. The molecule has 0 aromatic heterocycles. The molecule has 1 amide bonds. The maximum absolute atomic E-state index is 12.6. The van der Waals surface area contributed by atoms with E-state index in [1.807, 2.05) is 4.90 Å². The molecule has 0 bridgehead atoms. The minimum absolute atomic E-state index is 0. The fraction of sp³-hybridized carbons (Fsp3) is 0.944. The first-order valence-corrected chi connectivity index (χ1v) is 9.79. The number of hydrogen-bond acceptors (Lipinski definition) is 6. The monoisotopic (exact) mass is 462 g/mol. The second-order valence-corrected chi connectivity index (χ2v) is 7.77. The van der Waals surface area contributed by atoms with Gasteiger partial charge in [0.05, 0.1) is 18.8 Å². The predicted molar refractivity (Wildman–Crippen MR) is 118 cm³/mol. The number of ether oxygens (including phenoxy) is 2. The molecule has 7 nitrogen and oxygen atoms in total. The third kappa shape index (κ3) is 7.43. The van der Waals surface area contributed by atoms with Gasteiger partial charge in [-0.15, -0.1) is 37.2 Å². The number of carbonyl (C=O) groups excluding carboxylic acids is 1. The third-order valence-electron chi connectivity index (χ3n) is 5.69. The lowest BCUT2D eigenvalue weighted by molar-refractivity contribution is -0.144. The maximum Gasteiger partial charge on any atom is 0.251 e. The van der Waals surface area contributed by atoms with Gasteiger partial charge < -0.3 is 20.1 Å². The number of amides is 1. The molecule has 0 radical (unpaired) electrons. The summed E-state index contributed by atoms with van der Waals surface area (Å²) in [5.41, 5.74) is 5.64. The Bertz CT molecular complexity index is 454. The molecule has 3 rings (SSSR count). The molecular weight excluding hydrogens is 427 g/mol. The lowest BCUT2D eigenvalue weighted by atomic mass is 10.1. The standard InChI is InChI=1S/C18H34N4O3.3ClH/c1-14(2)22-9-10-24-16(13-22)12-20-5-7-21(8-6-20)18(23)17-4-3-15(11-19)25-17;;;/h14-17H,3-13,19H2,1-2H3;3*1H/t15-,16?,17+;;;/m1.../s1. The second kappa shape index (κ2) is 13.4. The summed E-state index contributed by atoms with van der Waals surface area (Å²) in [7, 11) is 0. The highest BCUT2D eigenvalue weighted by molar-refractivity contribution is 5.86. The van der Waals surface area contributed by atoms with Crippen molar-refractivity contribution in [1.29, 1.82) is 0 Å². The molecule has 0 aromatic carbocycles. The molecule has 3 aliphatic heterocycles. The van der Waals surface area contributed by atoms with Crippen LogP contribution in [0.25, 0.3) is 0 Å². The van der Waals surface area contributed by atoms with E-state index in [0.717, 1.165) is 65.3 Å². The molecule has 0 aliphatic carbocycles.